The third-order valence-corrected chi connectivity index (χ3v) is 2.59. The molecule has 2 aliphatic rings. The highest BCUT2D eigenvalue weighted by atomic mass is 16.6. The zero-order valence-corrected chi connectivity index (χ0v) is 11.2. The van der Waals surface area contributed by atoms with Crippen molar-refractivity contribution in [2.45, 2.75) is 26.4 Å². The Bertz CT molecular complexity index is 444. The van der Waals surface area contributed by atoms with Gasteiger partial charge in [0.15, 0.2) is 0 Å². The fourth-order valence-electron chi connectivity index (χ4n) is 1.85. The summed E-state index contributed by atoms with van der Waals surface area (Å²) in [6.45, 7) is 6.36. The van der Waals surface area contributed by atoms with Gasteiger partial charge in [-0.25, -0.2) is 10.2 Å². The summed E-state index contributed by atoms with van der Waals surface area (Å²) in [5.74, 6) is 0. The lowest BCUT2D eigenvalue weighted by atomic mass is 10.2. The summed E-state index contributed by atoms with van der Waals surface area (Å²) in [7, 11) is 2.01. The maximum atomic E-state index is 11.7. The number of ether oxygens (including phenoxy) is 1. The summed E-state index contributed by atoms with van der Waals surface area (Å²) in [5, 5.41) is 1.69. The van der Waals surface area contributed by atoms with Crippen molar-refractivity contribution < 1.29 is 9.53 Å². The van der Waals surface area contributed by atoms with Crippen molar-refractivity contribution in [2.24, 2.45) is 0 Å². The number of fused-ring (bicyclic) bond motifs is 1. The van der Waals surface area contributed by atoms with E-state index in [1.54, 1.807) is 11.2 Å². The summed E-state index contributed by atoms with van der Waals surface area (Å²) in [6.07, 6.45) is 7.33. The Balaban J connectivity index is 2.02. The molecule has 18 heavy (non-hydrogen) atoms. The quantitative estimate of drug-likeness (QED) is 0.771. The molecule has 0 unspecified atom stereocenters. The predicted octanol–water partition coefficient (Wildman–Crippen LogP) is 1.97. The second-order valence-electron chi connectivity index (χ2n) is 5.35. The maximum Gasteiger partial charge on any atom is 0.426 e. The lowest BCUT2D eigenvalue weighted by Crippen LogP contribution is -2.42. The molecule has 1 N–H and O–H groups in total. The number of hydrogen-bond donors (Lipinski definition) is 1. The van der Waals surface area contributed by atoms with E-state index < -0.39 is 11.7 Å². The van der Waals surface area contributed by atoms with Gasteiger partial charge in [-0.15, -0.1) is 0 Å². The lowest BCUT2D eigenvalue weighted by molar-refractivity contribution is 0.0425. The molecule has 0 saturated heterocycles. The van der Waals surface area contributed by atoms with Crippen LogP contribution in [0.15, 0.2) is 35.8 Å². The molecule has 2 heterocycles. The summed E-state index contributed by atoms with van der Waals surface area (Å²) in [6, 6.07) is 0. The van der Waals surface area contributed by atoms with E-state index in [2.05, 4.69) is 16.4 Å². The molecule has 0 aromatic carbocycles. The number of hydrogen-bond acceptors (Lipinski definition) is 4. The Labute approximate surface area is 107 Å². The van der Waals surface area contributed by atoms with Crippen LogP contribution in [0, 0.1) is 0 Å². The van der Waals surface area contributed by atoms with E-state index in [9.17, 15) is 4.79 Å². The van der Waals surface area contributed by atoms with E-state index in [-0.39, 0.29) is 0 Å². The molecule has 0 bridgehead atoms. The number of nitrogens with one attached hydrogen (secondary N) is 1. The van der Waals surface area contributed by atoms with Crippen LogP contribution in [0.4, 0.5) is 4.79 Å². The van der Waals surface area contributed by atoms with Gasteiger partial charge < -0.3 is 9.64 Å². The molecule has 98 valence electrons. The summed E-state index contributed by atoms with van der Waals surface area (Å²) < 4.78 is 5.23. The Kier molecular flexibility index (Phi) is 3.07. The molecule has 0 radical (unpaired) electrons. The topological polar surface area (TPSA) is 44.8 Å². The largest absolute Gasteiger partial charge is 0.443 e. The highest BCUT2D eigenvalue weighted by Crippen LogP contribution is 2.26. The van der Waals surface area contributed by atoms with Gasteiger partial charge in [0.05, 0.1) is 11.4 Å². The van der Waals surface area contributed by atoms with Crippen molar-refractivity contribution in [3.8, 4) is 0 Å². The van der Waals surface area contributed by atoms with Gasteiger partial charge in [0, 0.05) is 19.8 Å². The predicted molar refractivity (Wildman–Crippen MR) is 69.1 cm³/mol. The van der Waals surface area contributed by atoms with Gasteiger partial charge in [0.25, 0.3) is 0 Å². The molecular formula is C13H19N3O2. The van der Waals surface area contributed by atoms with Crippen molar-refractivity contribution in [1.29, 1.82) is 0 Å². The van der Waals surface area contributed by atoms with Gasteiger partial charge in [-0.3, -0.25) is 5.01 Å². The Hall–Kier alpha value is -1.91. The van der Waals surface area contributed by atoms with Crippen LogP contribution < -0.4 is 5.43 Å². The first kappa shape index (κ1) is 12.5. The number of allylic oxidation sites excluding steroid dienone is 2. The molecule has 0 spiro atoms. The molecule has 2 aliphatic heterocycles. The van der Waals surface area contributed by atoms with Gasteiger partial charge in [0.1, 0.15) is 5.60 Å². The first-order valence-corrected chi connectivity index (χ1v) is 5.96. The standard InChI is InChI=1S/C13H19N3O2/c1-13(2,3)18-12(17)14-16-8-5-6-10-11(16)7-9-15(10)4/h5-8H,9H2,1-4H3,(H,14,17). The lowest BCUT2D eigenvalue weighted by Gasteiger charge is -2.29. The van der Waals surface area contributed by atoms with Gasteiger partial charge >= 0.3 is 6.09 Å². The number of rotatable bonds is 1. The minimum atomic E-state index is -0.497. The van der Waals surface area contributed by atoms with Crippen molar-refractivity contribution >= 4 is 6.09 Å². The van der Waals surface area contributed by atoms with Crippen LogP contribution in [0.3, 0.4) is 0 Å². The van der Waals surface area contributed by atoms with Gasteiger partial charge in [-0.1, -0.05) is 0 Å². The Morgan fingerprint density at radius 3 is 2.78 bits per heavy atom. The van der Waals surface area contributed by atoms with E-state index in [0.717, 1.165) is 17.9 Å². The second kappa shape index (κ2) is 4.40. The van der Waals surface area contributed by atoms with Crippen LogP contribution in [-0.4, -0.2) is 35.2 Å². The Morgan fingerprint density at radius 1 is 1.39 bits per heavy atom. The van der Waals surface area contributed by atoms with Gasteiger partial charge in [-0.05, 0) is 39.0 Å². The number of amides is 1. The first-order chi connectivity index (χ1) is 8.37. The van der Waals surface area contributed by atoms with E-state index in [0.29, 0.717) is 0 Å². The average molecular weight is 249 g/mol. The van der Waals surface area contributed by atoms with Crippen LogP contribution in [-0.2, 0) is 4.74 Å². The molecule has 2 rings (SSSR count). The van der Waals surface area contributed by atoms with Crippen LogP contribution in [0.25, 0.3) is 0 Å². The molecule has 0 fully saturated rings. The average Bonchev–Trinajstić information content (AvgIpc) is 2.59. The second-order valence-corrected chi connectivity index (χ2v) is 5.35. The summed E-state index contributed by atoms with van der Waals surface area (Å²) in [5.41, 5.74) is 4.29. The van der Waals surface area contributed by atoms with E-state index in [4.69, 9.17) is 4.74 Å². The minimum Gasteiger partial charge on any atom is -0.443 e. The Morgan fingerprint density at radius 2 is 2.11 bits per heavy atom. The number of carbonyl (C=O) groups excluding carboxylic acids is 1. The van der Waals surface area contributed by atoms with E-state index >= 15 is 0 Å². The van der Waals surface area contributed by atoms with Crippen molar-refractivity contribution in [1.82, 2.24) is 15.3 Å². The van der Waals surface area contributed by atoms with Crippen LogP contribution in [0.5, 0.6) is 0 Å². The molecule has 5 nitrogen and oxygen atoms in total. The fourth-order valence-corrected chi connectivity index (χ4v) is 1.85. The summed E-state index contributed by atoms with van der Waals surface area (Å²) >= 11 is 0. The number of hydrazine groups is 1. The third kappa shape index (κ3) is 2.67. The third-order valence-electron chi connectivity index (χ3n) is 2.59. The normalized spacial score (nSPS) is 18.2. The van der Waals surface area contributed by atoms with Crippen LogP contribution in [0.1, 0.15) is 20.8 Å². The van der Waals surface area contributed by atoms with Crippen molar-refractivity contribution in [3.05, 3.63) is 35.8 Å². The van der Waals surface area contributed by atoms with Crippen LogP contribution >= 0.6 is 0 Å². The molecule has 0 aromatic rings. The smallest absolute Gasteiger partial charge is 0.426 e. The SMILES string of the molecule is CN1CC=C2C1=CC=CN2NC(=O)OC(C)(C)C. The van der Waals surface area contributed by atoms with Crippen molar-refractivity contribution in [2.75, 3.05) is 13.6 Å². The molecule has 0 saturated carbocycles. The molecule has 0 atom stereocenters. The highest BCUT2D eigenvalue weighted by molar-refractivity contribution is 5.68. The monoisotopic (exact) mass is 249 g/mol. The van der Waals surface area contributed by atoms with Crippen molar-refractivity contribution in [3.63, 3.8) is 0 Å². The fraction of sp³-hybridized carbons (Fsp3) is 0.462. The number of likely N-dealkylation sites (N-methyl/N-ethyl adjacent to an activating group) is 1. The molecule has 1 amide bonds. The molecule has 0 aliphatic carbocycles. The van der Waals surface area contributed by atoms with Gasteiger partial charge in [-0.2, -0.15) is 0 Å². The number of nitrogens with zero attached hydrogens (tertiary/aromatic N) is 2. The zero-order chi connectivity index (χ0) is 13.3. The van der Waals surface area contributed by atoms with Gasteiger partial charge in [0.2, 0.25) is 0 Å². The molecule has 0 aromatic heterocycles. The minimum absolute atomic E-state index is 0.455. The summed E-state index contributed by atoms with van der Waals surface area (Å²) in [4.78, 5) is 13.8. The number of carbonyl (C=O) groups is 1. The first-order valence-electron chi connectivity index (χ1n) is 5.96. The molecule has 5 heteroatoms. The molecular weight excluding hydrogens is 230 g/mol. The highest BCUT2D eigenvalue weighted by Gasteiger charge is 2.25. The maximum absolute atomic E-state index is 11.7. The van der Waals surface area contributed by atoms with E-state index in [1.165, 1.54) is 0 Å². The van der Waals surface area contributed by atoms with E-state index in [1.807, 2.05) is 40.0 Å². The zero-order valence-electron chi connectivity index (χ0n) is 11.2. The van der Waals surface area contributed by atoms with Crippen LogP contribution in [0.2, 0.25) is 0 Å².